The molecule has 0 unspecified atom stereocenters. The summed E-state index contributed by atoms with van der Waals surface area (Å²) in [6.45, 7) is 0.281. The van der Waals surface area contributed by atoms with Crippen LogP contribution in [0.15, 0.2) is 78.9 Å². The molecule has 0 aromatic heterocycles. The van der Waals surface area contributed by atoms with Gasteiger partial charge in [-0.15, -0.1) is 0 Å². The maximum atomic E-state index is 12.9. The van der Waals surface area contributed by atoms with Crippen molar-refractivity contribution < 1.29 is 18.7 Å². The Kier molecular flexibility index (Phi) is 6.58. The van der Waals surface area contributed by atoms with Crippen molar-refractivity contribution in [2.75, 3.05) is 18.9 Å². The Labute approximate surface area is 168 Å². The van der Waals surface area contributed by atoms with E-state index in [9.17, 15) is 14.0 Å². The number of carbonyl (C=O) groups is 2. The molecule has 0 aliphatic carbocycles. The van der Waals surface area contributed by atoms with Crippen LogP contribution < -0.4 is 10.1 Å². The van der Waals surface area contributed by atoms with Gasteiger partial charge < -0.3 is 15.0 Å². The van der Waals surface area contributed by atoms with E-state index >= 15 is 0 Å². The number of carbonyl (C=O) groups excluding carboxylic acids is 2. The summed E-state index contributed by atoms with van der Waals surface area (Å²) in [5.74, 6) is -0.234. The fraction of sp³-hybridized carbons (Fsp3) is 0.130. The molecule has 1 N–H and O–H groups in total. The van der Waals surface area contributed by atoms with Crippen LogP contribution in [0.2, 0.25) is 0 Å². The largest absolute Gasteiger partial charge is 0.489 e. The number of benzene rings is 3. The second-order valence-electron chi connectivity index (χ2n) is 6.51. The zero-order valence-corrected chi connectivity index (χ0v) is 16.0. The summed E-state index contributed by atoms with van der Waals surface area (Å²) in [5, 5.41) is 2.63. The molecule has 0 aliphatic rings. The lowest BCUT2D eigenvalue weighted by Crippen LogP contribution is -2.34. The Balaban J connectivity index is 1.52. The SMILES string of the molecule is CN(CC(=O)Nc1ccc(F)cc1)C(=O)c1ccc(COc2ccccc2)cc1. The van der Waals surface area contributed by atoms with Gasteiger partial charge in [-0.3, -0.25) is 9.59 Å². The van der Waals surface area contributed by atoms with Crippen molar-refractivity contribution in [2.45, 2.75) is 6.61 Å². The van der Waals surface area contributed by atoms with Crippen LogP contribution in [-0.4, -0.2) is 30.3 Å². The molecule has 0 bridgehead atoms. The first-order chi connectivity index (χ1) is 14.0. The van der Waals surface area contributed by atoms with Gasteiger partial charge in [0.2, 0.25) is 5.91 Å². The standard InChI is InChI=1S/C23H21FN2O3/c1-26(15-22(27)25-20-13-11-19(24)12-14-20)23(28)18-9-7-17(8-10-18)16-29-21-5-3-2-4-6-21/h2-14H,15-16H2,1H3,(H,25,27). The number of rotatable bonds is 7. The highest BCUT2D eigenvalue weighted by atomic mass is 19.1. The number of ether oxygens (including phenoxy) is 1. The second kappa shape index (κ2) is 9.50. The van der Waals surface area contributed by atoms with Gasteiger partial charge in [0.05, 0.1) is 6.54 Å². The Morgan fingerprint density at radius 1 is 0.931 bits per heavy atom. The number of anilines is 1. The molecule has 6 heteroatoms. The van der Waals surface area contributed by atoms with E-state index in [0.29, 0.717) is 17.9 Å². The maximum Gasteiger partial charge on any atom is 0.254 e. The Hall–Kier alpha value is -3.67. The van der Waals surface area contributed by atoms with Crippen molar-refractivity contribution in [1.82, 2.24) is 4.90 Å². The Morgan fingerprint density at radius 2 is 1.59 bits per heavy atom. The minimum atomic E-state index is -0.382. The predicted octanol–water partition coefficient (Wildman–Crippen LogP) is 4.12. The van der Waals surface area contributed by atoms with E-state index in [1.54, 1.807) is 19.2 Å². The number of halogens is 1. The minimum Gasteiger partial charge on any atom is -0.489 e. The Morgan fingerprint density at radius 3 is 2.24 bits per heavy atom. The van der Waals surface area contributed by atoms with Crippen LogP contribution in [0.25, 0.3) is 0 Å². The first-order valence-electron chi connectivity index (χ1n) is 9.09. The first kappa shape index (κ1) is 20.1. The summed E-state index contributed by atoms with van der Waals surface area (Å²) >= 11 is 0. The molecule has 0 radical (unpaired) electrons. The van der Waals surface area contributed by atoms with E-state index in [1.807, 2.05) is 42.5 Å². The highest BCUT2D eigenvalue weighted by Gasteiger charge is 2.15. The third-order valence-electron chi connectivity index (χ3n) is 4.21. The van der Waals surface area contributed by atoms with E-state index in [4.69, 9.17) is 4.74 Å². The number of hydrogen-bond donors (Lipinski definition) is 1. The average molecular weight is 392 g/mol. The van der Waals surface area contributed by atoms with Crippen molar-refractivity contribution in [3.63, 3.8) is 0 Å². The molecular formula is C23H21FN2O3. The molecule has 2 amide bonds. The molecule has 0 saturated heterocycles. The normalized spacial score (nSPS) is 10.3. The lowest BCUT2D eigenvalue weighted by molar-refractivity contribution is -0.116. The minimum absolute atomic E-state index is 0.116. The van der Waals surface area contributed by atoms with Gasteiger partial charge in [0.15, 0.2) is 0 Å². The summed E-state index contributed by atoms with van der Waals surface area (Å²) < 4.78 is 18.6. The van der Waals surface area contributed by atoms with Crippen LogP contribution in [0.4, 0.5) is 10.1 Å². The number of likely N-dealkylation sites (N-methyl/N-ethyl adjacent to an activating group) is 1. The topological polar surface area (TPSA) is 58.6 Å². The second-order valence-corrected chi connectivity index (χ2v) is 6.51. The number of nitrogens with zero attached hydrogens (tertiary/aromatic N) is 1. The highest BCUT2D eigenvalue weighted by molar-refractivity contribution is 5.99. The van der Waals surface area contributed by atoms with E-state index in [1.165, 1.54) is 29.2 Å². The van der Waals surface area contributed by atoms with Crippen LogP contribution in [0.5, 0.6) is 5.75 Å². The van der Waals surface area contributed by atoms with E-state index in [2.05, 4.69) is 5.32 Å². The summed E-state index contributed by atoms with van der Waals surface area (Å²) in [5.41, 5.74) is 1.88. The smallest absolute Gasteiger partial charge is 0.254 e. The molecule has 0 fully saturated rings. The monoisotopic (exact) mass is 392 g/mol. The van der Waals surface area contributed by atoms with Gasteiger partial charge in [-0.05, 0) is 54.1 Å². The third-order valence-corrected chi connectivity index (χ3v) is 4.21. The average Bonchev–Trinajstić information content (AvgIpc) is 2.74. The molecule has 0 aliphatic heterocycles. The van der Waals surface area contributed by atoms with Crippen LogP contribution in [0.3, 0.4) is 0 Å². The quantitative estimate of drug-likeness (QED) is 0.658. The van der Waals surface area contributed by atoms with Crippen molar-refractivity contribution in [2.24, 2.45) is 0 Å². The number of para-hydroxylation sites is 1. The molecule has 29 heavy (non-hydrogen) atoms. The van der Waals surface area contributed by atoms with Gasteiger partial charge in [0.25, 0.3) is 5.91 Å². The number of hydrogen-bond acceptors (Lipinski definition) is 3. The summed E-state index contributed by atoms with van der Waals surface area (Å²) in [4.78, 5) is 26.0. The Bertz CT molecular complexity index is 958. The number of nitrogens with one attached hydrogen (secondary N) is 1. The molecule has 5 nitrogen and oxygen atoms in total. The van der Waals surface area contributed by atoms with Crippen LogP contribution in [-0.2, 0) is 11.4 Å². The molecule has 0 saturated carbocycles. The molecule has 0 atom stereocenters. The van der Waals surface area contributed by atoms with Crippen LogP contribution in [0.1, 0.15) is 15.9 Å². The third kappa shape index (κ3) is 5.90. The summed E-state index contributed by atoms with van der Waals surface area (Å²) in [6.07, 6.45) is 0. The van der Waals surface area contributed by atoms with Crippen LogP contribution in [0, 0.1) is 5.82 Å². The van der Waals surface area contributed by atoms with E-state index in [-0.39, 0.29) is 24.2 Å². The lowest BCUT2D eigenvalue weighted by atomic mass is 10.1. The van der Waals surface area contributed by atoms with Crippen molar-refractivity contribution in [3.8, 4) is 5.75 Å². The van der Waals surface area contributed by atoms with Gasteiger partial charge in [0, 0.05) is 18.3 Å². The predicted molar refractivity (Wildman–Crippen MR) is 109 cm³/mol. The van der Waals surface area contributed by atoms with E-state index < -0.39 is 0 Å². The van der Waals surface area contributed by atoms with Crippen molar-refractivity contribution in [1.29, 1.82) is 0 Å². The molecule has 3 aromatic rings. The summed E-state index contributed by atoms with van der Waals surface area (Å²) in [6, 6.07) is 22.0. The zero-order valence-electron chi connectivity index (χ0n) is 16.0. The molecule has 0 heterocycles. The molecule has 3 rings (SSSR count). The lowest BCUT2D eigenvalue weighted by Gasteiger charge is -2.17. The fourth-order valence-electron chi connectivity index (χ4n) is 2.67. The zero-order chi connectivity index (χ0) is 20.6. The van der Waals surface area contributed by atoms with Crippen LogP contribution >= 0.6 is 0 Å². The first-order valence-corrected chi connectivity index (χ1v) is 9.09. The highest BCUT2D eigenvalue weighted by Crippen LogP contribution is 2.13. The molecule has 0 spiro atoms. The van der Waals surface area contributed by atoms with E-state index in [0.717, 1.165) is 11.3 Å². The molecule has 3 aromatic carbocycles. The number of amides is 2. The van der Waals surface area contributed by atoms with Gasteiger partial charge in [-0.2, -0.15) is 0 Å². The molecular weight excluding hydrogens is 371 g/mol. The van der Waals surface area contributed by atoms with Gasteiger partial charge in [0.1, 0.15) is 18.2 Å². The maximum absolute atomic E-state index is 12.9. The van der Waals surface area contributed by atoms with Gasteiger partial charge in [-0.1, -0.05) is 30.3 Å². The van der Waals surface area contributed by atoms with Gasteiger partial charge >= 0.3 is 0 Å². The summed E-state index contributed by atoms with van der Waals surface area (Å²) in [7, 11) is 1.55. The fourth-order valence-corrected chi connectivity index (χ4v) is 2.67. The van der Waals surface area contributed by atoms with Gasteiger partial charge in [-0.25, -0.2) is 4.39 Å². The van der Waals surface area contributed by atoms with Crippen molar-refractivity contribution in [3.05, 3.63) is 95.8 Å². The van der Waals surface area contributed by atoms with Crippen molar-refractivity contribution >= 4 is 17.5 Å². The molecule has 148 valence electrons.